The van der Waals surface area contributed by atoms with Crippen molar-refractivity contribution in [3.05, 3.63) is 66.5 Å². The van der Waals surface area contributed by atoms with Crippen LogP contribution in [0.15, 0.2) is 60.8 Å². The lowest BCUT2D eigenvalue weighted by molar-refractivity contribution is -0.142. The molecular formula is C22H21N5O4. The monoisotopic (exact) mass is 419 g/mol. The van der Waals surface area contributed by atoms with Gasteiger partial charge in [0.15, 0.2) is 17.2 Å². The molecule has 1 atom stereocenters. The Labute approximate surface area is 178 Å². The summed E-state index contributed by atoms with van der Waals surface area (Å²) in [5.41, 5.74) is 1.07. The minimum Gasteiger partial charge on any atom is -0.485 e. The molecular weight excluding hydrogens is 398 g/mol. The molecule has 1 aromatic heterocycles. The van der Waals surface area contributed by atoms with E-state index in [4.69, 9.17) is 9.47 Å². The average Bonchev–Trinajstić information content (AvgIpc) is 3.34. The van der Waals surface area contributed by atoms with Crippen LogP contribution in [0, 0.1) is 0 Å². The van der Waals surface area contributed by atoms with Crippen molar-refractivity contribution in [3.8, 4) is 17.2 Å². The van der Waals surface area contributed by atoms with Gasteiger partial charge in [-0.25, -0.2) is 0 Å². The van der Waals surface area contributed by atoms with Crippen molar-refractivity contribution in [2.24, 2.45) is 0 Å². The largest absolute Gasteiger partial charge is 0.485 e. The zero-order chi connectivity index (χ0) is 21.2. The van der Waals surface area contributed by atoms with Gasteiger partial charge < -0.3 is 19.3 Å². The highest BCUT2D eigenvalue weighted by Crippen LogP contribution is 2.31. The van der Waals surface area contributed by atoms with E-state index in [0.29, 0.717) is 37.7 Å². The number of aromatic nitrogens is 3. The quantitative estimate of drug-likeness (QED) is 0.637. The zero-order valence-corrected chi connectivity index (χ0v) is 16.8. The van der Waals surface area contributed by atoms with Gasteiger partial charge in [-0.2, -0.15) is 9.90 Å². The smallest absolute Gasteiger partial charge is 0.276 e. The number of fused-ring (bicyclic) bond motifs is 1. The van der Waals surface area contributed by atoms with Gasteiger partial charge in [0.1, 0.15) is 6.61 Å². The second kappa shape index (κ2) is 8.10. The van der Waals surface area contributed by atoms with Gasteiger partial charge in [-0.3, -0.25) is 9.59 Å². The molecule has 0 unspecified atom stereocenters. The second-order valence-corrected chi connectivity index (χ2v) is 7.34. The Morgan fingerprint density at radius 1 is 0.871 bits per heavy atom. The minimum absolute atomic E-state index is 0.128. The van der Waals surface area contributed by atoms with Crippen molar-refractivity contribution in [2.75, 3.05) is 32.8 Å². The molecule has 31 heavy (non-hydrogen) atoms. The maximum atomic E-state index is 12.9. The molecule has 158 valence electrons. The van der Waals surface area contributed by atoms with Gasteiger partial charge in [0, 0.05) is 26.2 Å². The summed E-state index contributed by atoms with van der Waals surface area (Å²) in [6.45, 7) is 1.88. The van der Waals surface area contributed by atoms with Crippen LogP contribution in [0.5, 0.6) is 11.5 Å². The third kappa shape index (κ3) is 3.81. The molecule has 9 heteroatoms. The van der Waals surface area contributed by atoms with Gasteiger partial charge >= 0.3 is 0 Å². The highest BCUT2D eigenvalue weighted by atomic mass is 16.6. The standard InChI is InChI=1S/C22H21N5O4/c28-21(17-14-23-27(24-17)16-6-2-1-3-7-16)25-10-12-26(13-11-25)22(29)20-15-30-18-8-4-5-9-19(18)31-20/h1-9,14,20H,10-13,15H2/t20-/m1/s1. The van der Waals surface area contributed by atoms with E-state index in [1.54, 1.807) is 15.9 Å². The normalized spacial score (nSPS) is 18.0. The molecule has 1 fully saturated rings. The predicted molar refractivity (Wildman–Crippen MR) is 110 cm³/mol. The molecule has 3 heterocycles. The molecule has 2 aliphatic heterocycles. The van der Waals surface area contributed by atoms with Crippen LogP contribution < -0.4 is 9.47 Å². The molecule has 0 N–H and O–H groups in total. The topological polar surface area (TPSA) is 89.8 Å². The summed E-state index contributed by atoms with van der Waals surface area (Å²) in [6, 6.07) is 16.7. The van der Waals surface area contributed by atoms with Crippen LogP contribution in [0.1, 0.15) is 10.5 Å². The second-order valence-electron chi connectivity index (χ2n) is 7.34. The molecule has 2 aromatic carbocycles. The SMILES string of the molecule is O=C(c1cnn(-c2ccccc2)n1)N1CCN(C(=O)[C@H]2COc3ccccc3O2)CC1. The molecule has 2 aliphatic rings. The fraction of sp³-hybridized carbons (Fsp3) is 0.273. The third-order valence-corrected chi connectivity index (χ3v) is 5.36. The van der Waals surface area contributed by atoms with Crippen LogP contribution in [0.2, 0.25) is 0 Å². The maximum Gasteiger partial charge on any atom is 0.276 e. The number of piperazine rings is 1. The van der Waals surface area contributed by atoms with Gasteiger partial charge in [-0.15, -0.1) is 5.10 Å². The number of carbonyl (C=O) groups excluding carboxylic acids is 2. The molecule has 0 radical (unpaired) electrons. The summed E-state index contributed by atoms with van der Waals surface area (Å²) < 4.78 is 11.5. The first-order chi connectivity index (χ1) is 15.2. The molecule has 5 rings (SSSR count). The number of benzene rings is 2. The van der Waals surface area contributed by atoms with Gasteiger partial charge in [0.25, 0.3) is 11.8 Å². The Bertz CT molecular complexity index is 1090. The highest BCUT2D eigenvalue weighted by molar-refractivity contribution is 5.92. The van der Waals surface area contributed by atoms with Gasteiger partial charge in [0.2, 0.25) is 6.10 Å². The summed E-state index contributed by atoms with van der Waals surface area (Å²) in [5.74, 6) is 0.894. The Morgan fingerprint density at radius 3 is 2.32 bits per heavy atom. The lowest BCUT2D eigenvalue weighted by Crippen LogP contribution is -2.55. The van der Waals surface area contributed by atoms with Crippen molar-refractivity contribution in [3.63, 3.8) is 0 Å². The number of nitrogens with zero attached hydrogens (tertiary/aromatic N) is 5. The first-order valence-electron chi connectivity index (χ1n) is 10.1. The molecule has 0 spiro atoms. The van der Waals surface area contributed by atoms with Crippen LogP contribution in [0.4, 0.5) is 0 Å². The summed E-state index contributed by atoms with van der Waals surface area (Å²) in [7, 11) is 0. The van der Waals surface area contributed by atoms with E-state index < -0.39 is 6.10 Å². The number of para-hydroxylation sites is 3. The summed E-state index contributed by atoms with van der Waals surface area (Å²) in [4.78, 5) is 30.5. The maximum absolute atomic E-state index is 12.9. The van der Waals surface area contributed by atoms with Crippen molar-refractivity contribution in [1.82, 2.24) is 24.8 Å². The number of amides is 2. The number of hydrogen-bond donors (Lipinski definition) is 0. The van der Waals surface area contributed by atoms with E-state index >= 15 is 0 Å². The molecule has 9 nitrogen and oxygen atoms in total. The van der Waals surface area contributed by atoms with Crippen LogP contribution >= 0.6 is 0 Å². The van der Waals surface area contributed by atoms with Gasteiger partial charge in [-0.1, -0.05) is 30.3 Å². The fourth-order valence-electron chi connectivity index (χ4n) is 3.68. The Kier molecular flexibility index (Phi) is 4.99. The molecule has 0 aliphatic carbocycles. The van der Waals surface area contributed by atoms with E-state index in [1.807, 2.05) is 48.5 Å². The molecule has 3 aromatic rings. The molecule has 0 bridgehead atoms. The predicted octanol–water partition coefficient (Wildman–Crippen LogP) is 1.39. The fourth-order valence-corrected chi connectivity index (χ4v) is 3.68. The van der Waals surface area contributed by atoms with Crippen molar-refractivity contribution in [1.29, 1.82) is 0 Å². The zero-order valence-electron chi connectivity index (χ0n) is 16.8. The van der Waals surface area contributed by atoms with Crippen LogP contribution in [0.3, 0.4) is 0 Å². The van der Waals surface area contributed by atoms with E-state index in [1.165, 1.54) is 11.0 Å². The number of hydrogen-bond acceptors (Lipinski definition) is 6. The average molecular weight is 419 g/mol. The van der Waals surface area contributed by atoms with Crippen molar-refractivity contribution >= 4 is 11.8 Å². The van der Waals surface area contributed by atoms with Gasteiger partial charge in [0.05, 0.1) is 11.9 Å². The van der Waals surface area contributed by atoms with Crippen LogP contribution in [-0.2, 0) is 4.79 Å². The summed E-state index contributed by atoms with van der Waals surface area (Å²) in [5, 5.41) is 8.49. The molecule has 0 saturated carbocycles. The minimum atomic E-state index is -0.678. The van der Waals surface area contributed by atoms with Gasteiger partial charge in [-0.05, 0) is 24.3 Å². The lowest BCUT2D eigenvalue weighted by Gasteiger charge is -2.36. The van der Waals surface area contributed by atoms with E-state index in [9.17, 15) is 9.59 Å². The number of rotatable bonds is 3. The summed E-state index contributed by atoms with van der Waals surface area (Å²) in [6.07, 6.45) is 0.792. The molecule has 1 saturated heterocycles. The first-order valence-corrected chi connectivity index (χ1v) is 10.1. The summed E-state index contributed by atoms with van der Waals surface area (Å²) >= 11 is 0. The third-order valence-electron chi connectivity index (χ3n) is 5.36. The van der Waals surface area contributed by atoms with E-state index in [2.05, 4.69) is 10.2 Å². The number of carbonyl (C=O) groups is 2. The van der Waals surface area contributed by atoms with E-state index in [0.717, 1.165) is 5.69 Å². The van der Waals surface area contributed by atoms with Crippen LogP contribution in [-0.4, -0.2) is 75.5 Å². The molecule has 2 amide bonds. The Morgan fingerprint density at radius 2 is 1.55 bits per heavy atom. The van der Waals surface area contributed by atoms with Crippen molar-refractivity contribution < 1.29 is 19.1 Å². The first kappa shape index (κ1) is 19.1. The van der Waals surface area contributed by atoms with E-state index in [-0.39, 0.29) is 24.1 Å². The number of ether oxygens (including phenoxy) is 2. The highest BCUT2D eigenvalue weighted by Gasteiger charge is 2.34. The Hall–Kier alpha value is -3.88. The Balaban J connectivity index is 1.18. The lowest BCUT2D eigenvalue weighted by atomic mass is 10.2. The van der Waals surface area contributed by atoms with Crippen molar-refractivity contribution in [2.45, 2.75) is 6.10 Å². The van der Waals surface area contributed by atoms with Crippen LogP contribution in [0.25, 0.3) is 5.69 Å².